The molecule has 0 unspecified atom stereocenters. The van der Waals surface area contributed by atoms with Crippen LogP contribution in [0.2, 0.25) is 0 Å². The molecule has 1 aliphatic heterocycles. The first kappa shape index (κ1) is 12.8. The van der Waals surface area contributed by atoms with Gasteiger partial charge in [0.05, 0.1) is 12.1 Å². The average molecular weight is 300 g/mol. The van der Waals surface area contributed by atoms with E-state index in [0.717, 1.165) is 24.4 Å². The molecule has 4 heterocycles. The highest BCUT2D eigenvalue weighted by Crippen LogP contribution is 2.26. The molecule has 4 rings (SSSR count). The van der Waals surface area contributed by atoms with Crippen molar-refractivity contribution in [3.63, 3.8) is 0 Å². The van der Waals surface area contributed by atoms with E-state index >= 15 is 0 Å². The maximum atomic E-state index is 12.0. The second-order valence-electron chi connectivity index (χ2n) is 5.42. The zero-order valence-corrected chi connectivity index (χ0v) is 12.6. The first-order valence-corrected chi connectivity index (χ1v) is 7.96. The fourth-order valence-electron chi connectivity index (χ4n) is 3.03. The minimum atomic E-state index is -0.0296. The number of fused-ring (bicyclic) bond motifs is 2. The Morgan fingerprint density at radius 1 is 1.43 bits per heavy atom. The number of thiophene rings is 1. The van der Waals surface area contributed by atoms with Crippen molar-refractivity contribution >= 4 is 21.6 Å². The second kappa shape index (κ2) is 4.82. The first-order chi connectivity index (χ1) is 10.2. The van der Waals surface area contributed by atoms with Gasteiger partial charge < -0.3 is 9.55 Å². The van der Waals surface area contributed by atoms with Crippen molar-refractivity contribution in [2.45, 2.75) is 26.1 Å². The predicted octanol–water partition coefficient (Wildman–Crippen LogP) is 2.36. The zero-order valence-electron chi connectivity index (χ0n) is 11.7. The van der Waals surface area contributed by atoms with Gasteiger partial charge in [-0.1, -0.05) is 0 Å². The Morgan fingerprint density at radius 2 is 2.33 bits per heavy atom. The monoisotopic (exact) mass is 300 g/mol. The van der Waals surface area contributed by atoms with E-state index in [0.29, 0.717) is 17.3 Å². The molecule has 0 aliphatic carbocycles. The van der Waals surface area contributed by atoms with E-state index in [1.54, 1.807) is 0 Å². The van der Waals surface area contributed by atoms with Crippen molar-refractivity contribution in [1.29, 1.82) is 0 Å². The molecule has 5 nitrogen and oxygen atoms in total. The van der Waals surface area contributed by atoms with Crippen LogP contribution in [0.15, 0.2) is 34.6 Å². The van der Waals surface area contributed by atoms with Crippen molar-refractivity contribution in [2.75, 3.05) is 6.54 Å². The van der Waals surface area contributed by atoms with E-state index in [9.17, 15) is 4.79 Å². The molecule has 1 aliphatic rings. The van der Waals surface area contributed by atoms with Gasteiger partial charge >= 0.3 is 0 Å². The van der Waals surface area contributed by atoms with Gasteiger partial charge in [-0.25, -0.2) is 4.98 Å². The predicted molar refractivity (Wildman–Crippen MR) is 83.5 cm³/mol. The fourth-order valence-corrected chi connectivity index (χ4v) is 3.76. The van der Waals surface area contributed by atoms with Crippen molar-refractivity contribution in [1.82, 2.24) is 19.4 Å². The lowest BCUT2D eigenvalue weighted by Crippen LogP contribution is -2.36. The first-order valence-electron chi connectivity index (χ1n) is 7.08. The third-order valence-corrected chi connectivity index (χ3v) is 5.09. The molecule has 6 heteroatoms. The molecule has 3 aromatic rings. The van der Waals surface area contributed by atoms with Crippen LogP contribution in [0.4, 0.5) is 0 Å². The number of aromatic amines is 1. The van der Waals surface area contributed by atoms with Gasteiger partial charge in [0.25, 0.3) is 5.56 Å². The van der Waals surface area contributed by atoms with Crippen molar-refractivity contribution in [3.8, 4) is 0 Å². The summed E-state index contributed by atoms with van der Waals surface area (Å²) in [5.74, 6) is 0.748. The lowest BCUT2D eigenvalue weighted by atomic mass is 10.1. The Hall–Kier alpha value is -1.92. The minimum absolute atomic E-state index is 0.0296. The van der Waals surface area contributed by atoms with Crippen LogP contribution in [0.5, 0.6) is 0 Å². The molecule has 0 spiro atoms. The Kier molecular flexibility index (Phi) is 2.94. The molecule has 108 valence electrons. The van der Waals surface area contributed by atoms with Gasteiger partial charge in [0.1, 0.15) is 10.5 Å². The van der Waals surface area contributed by atoms with Crippen LogP contribution in [0, 0.1) is 0 Å². The van der Waals surface area contributed by atoms with Gasteiger partial charge in [-0.05, 0) is 30.5 Å². The summed E-state index contributed by atoms with van der Waals surface area (Å²) >= 11 is 1.44. The number of rotatable bonds is 2. The molecule has 1 atom stereocenters. The SMILES string of the molecule is C[C@@H]1c2cccn2CCN1Cc1nc2ccsc2c(=O)[nH]1. The van der Waals surface area contributed by atoms with Crippen molar-refractivity contribution in [3.05, 3.63) is 51.6 Å². The van der Waals surface area contributed by atoms with Crippen LogP contribution < -0.4 is 5.56 Å². The molecular formula is C15H16N4OS. The summed E-state index contributed by atoms with van der Waals surface area (Å²) in [6, 6.07) is 6.49. The topological polar surface area (TPSA) is 53.9 Å². The zero-order chi connectivity index (χ0) is 14.4. The van der Waals surface area contributed by atoms with Gasteiger partial charge in [0, 0.05) is 31.0 Å². The summed E-state index contributed by atoms with van der Waals surface area (Å²) in [6.07, 6.45) is 2.13. The van der Waals surface area contributed by atoms with Gasteiger partial charge in [-0.15, -0.1) is 11.3 Å². The fraction of sp³-hybridized carbons (Fsp3) is 0.333. The van der Waals surface area contributed by atoms with Gasteiger partial charge in [-0.3, -0.25) is 9.69 Å². The second-order valence-corrected chi connectivity index (χ2v) is 6.34. The van der Waals surface area contributed by atoms with E-state index in [1.807, 2.05) is 11.4 Å². The number of hydrogen-bond acceptors (Lipinski definition) is 4. The Morgan fingerprint density at radius 3 is 3.24 bits per heavy atom. The van der Waals surface area contributed by atoms with E-state index in [1.165, 1.54) is 17.0 Å². The van der Waals surface area contributed by atoms with Crippen molar-refractivity contribution < 1.29 is 0 Å². The molecule has 3 aromatic heterocycles. The Balaban J connectivity index is 1.64. The minimum Gasteiger partial charge on any atom is -0.349 e. The number of H-pyrrole nitrogens is 1. The molecule has 21 heavy (non-hydrogen) atoms. The molecule has 1 N–H and O–H groups in total. The number of nitrogens with zero attached hydrogens (tertiary/aromatic N) is 3. The standard InChI is InChI=1S/C15H16N4OS/c1-10-12-3-2-5-18(12)6-7-19(10)9-13-16-11-4-8-21-14(11)15(20)17-13/h2-5,8,10H,6-7,9H2,1H3,(H,16,17,20)/t10-/m1/s1. The largest absolute Gasteiger partial charge is 0.349 e. The summed E-state index contributed by atoms with van der Waals surface area (Å²) in [6.45, 7) is 4.82. The summed E-state index contributed by atoms with van der Waals surface area (Å²) in [5.41, 5.74) is 2.09. The van der Waals surface area contributed by atoms with Gasteiger partial charge in [0.2, 0.25) is 0 Å². The van der Waals surface area contributed by atoms with Crippen LogP contribution in [-0.4, -0.2) is 26.0 Å². The third kappa shape index (κ3) is 2.11. The third-order valence-electron chi connectivity index (χ3n) is 4.19. The number of nitrogens with one attached hydrogen (secondary N) is 1. The summed E-state index contributed by atoms with van der Waals surface area (Å²) in [7, 11) is 0. The molecule has 0 amide bonds. The van der Waals surface area contributed by atoms with Crippen LogP contribution in [0.1, 0.15) is 24.5 Å². The lowest BCUT2D eigenvalue weighted by Gasteiger charge is -2.34. The summed E-state index contributed by atoms with van der Waals surface area (Å²) < 4.78 is 3.00. The van der Waals surface area contributed by atoms with E-state index in [-0.39, 0.29) is 5.56 Å². The highest BCUT2D eigenvalue weighted by molar-refractivity contribution is 7.17. The van der Waals surface area contributed by atoms with Crippen LogP contribution in [-0.2, 0) is 13.1 Å². The van der Waals surface area contributed by atoms with Crippen LogP contribution in [0.3, 0.4) is 0 Å². The normalized spacial score (nSPS) is 19.0. The van der Waals surface area contributed by atoms with Crippen molar-refractivity contribution in [2.24, 2.45) is 0 Å². The summed E-state index contributed by atoms with van der Waals surface area (Å²) in [4.78, 5) is 21.9. The van der Waals surface area contributed by atoms with E-state index in [4.69, 9.17) is 0 Å². The maximum absolute atomic E-state index is 12.0. The van der Waals surface area contributed by atoms with E-state index < -0.39 is 0 Å². The smallest absolute Gasteiger partial charge is 0.268 e. The number of aromatic nitrogens is 3. The molecule has 0 saturated carbocycles. The quantitative estimate of drug-likeness (QED) is 0.790. The highest BCUT2D eigenvalue weighted by Gasteiger charge is 2.24. The van der Waals surface area contributed by atoms with Crippen LogP contribution >= 0.6 is 11.3 Å². The molecular weight excluding hydrogens is 284 g/mol. The summed E-state index contributed by atoms with van der Waals surface area (Å²) in [5, 5.41) is 1.91. The van der Waals surface area contributed by atoms with Gasteiger partial charge in [-0.2, -0.15) is 0 Å². The number of hydrogen-bond donors (Lipinski definition) is 1. The molecule has 0 aromatic carbocycles. The Labute approximate surface area is 125 Å². The molecule has 0 bridgehead atoms. The van der Waals surface area contributed by atoms with Gasteiger partial charge in [0.15, 0.2) is 0 Å². The van der Waals surface area contributed by atoms with E-state index in [2.05, 4.69) is 44.7 Å². The molecule has 0 fully saturated rings. The molecule has 0 saturated heterocycles. The molecule has 0 radical (unpaired) electrons. The highest BCUT2D eigenvalue weighted by atomic mass is 32.1. The average Bonchev–Trinajstić information content (AvgIpc) is 3.10. The lowest BCUT2D eigenvalue weighted by molar-refractivity contribution is 0.157. The maximum Gasteiger partial charge on any atom is 0.268 e. The Bertz CT molecular complexity index is 847. The van der Waals surface area contributed by atoms with Crippen LogP contribution in [0.25, 0.3) is 10.2 Å².